The van der Waals surface area contributed by atoms with E-state index in [9.17, 15) is 10.1 Å². The standard InChI is InChI=1S/C5H7N5O3/c1-9-3(10(12)13)2-7-5(9)4(6)8-11/h2,11H,1H3,(H2,6,8). The van der Waals surface area contributed by atoms with Crippen LogP contribution in [-0.4, -0.2) is 25.5 Å². The van der Waals surface area contributed by atoms with Crippen LogP contribution in [0.5, 0.6) is 0 Å². The molecule has 3 N–H and O–H groups in total. The number of amidine groups is 1. The fraction of sp³-hybridized carbons (Fsp3) is 0.200. The molecular formula is C5H7N5O3. The Morgan fingerprint density at radius 3 is 2.92 bits per heavy atom. The minimum atomic E-state index is -0.610. The van der Waals surface area contributed by atoms with Gasteiger partial charge in [0.05, 0.1) is 7.05 Å². The fourth-order valence-electron chi connectivity index (χ4n) is 0.853. The van der Waals surface area contributed by atoms with E-state index in [2.05, 4.69) is 10.1 Å². The summed E-state index contributed by atoms with van der Waals surface area (Å²) in [5.41, 5.74) is 5.20. The third kappa shape index (κ3) is 1.41. The zero-order valence-corrected chi connectivity index (χ0v) is 6.71. The van der Waals surface area contributed by atoms with Gasteiger partial charge in [-0.15, -0.1) is 0 Å². The summed E-state index contributed by atoms with van der Waals surface area (Å²) in [5.74, 6) is -0.439. The van der Waals surface area contributed by atoms with Crippen LogP contribution in [0.1, 0.15) is 5.82 Å². The molecule has 0 aliphatic heterocycles. The zero-order chi connectivity index (χ0) is 10.0. The molecule has 0 aliphatic rings. The molecule has 0 radical (unpaired) electrons. The average Bonchev–Trinajstić information content (AvgIpc) is 2.46. The Labute approximate surface area is 72.4 Å². The quantitative estimate of drug-likeness (QED) is 0.210. The molecule has 0 atom stereocenters. The average molecular weight is 185 g/mol. The van der Waals surface area contributed by atoms with Crippen LogP contribution in [-0.2, 0) is 7.05 Å². The van der Waals surface area contributed by atoms with Crippen LogP contribution in [0, 0.1) is 10.1 Å². The normalized spacial score (nSPS) is 11.6. The molecule has 1 rings (SSSR count). The molecule has 8 heteroatoms. The molecule has 1 aromatic rings. The number of rotatable bonds is 2. The van der Waals surface area contributed by atoms with E-state index in [0.717, 1.165) is 10.8 Å². The van der Waals surface area contributed by atoms with Crippen molar-refractivity contribution in [2.45, 2.75) is 0 Å². The van der Waals surface area contributed by atoms with Gasteiger partial charge in [-0.05, 0) is 4.92 Å². The zero-order valence-electron chi connectivity index (χ0n) is 6.71. The number of imidazole rings is 1. The lowest BCUT2D eigenvalue weighted by Crippen LogP contribution is -2.18. The first-order chi connectivity index (χ1) is 6.07. The minimum Gasteiger partial charge on any atom is -0.409 e. The van der Waals surface area contributed by atoms with Gasteiger partial charge in [-0.2, -0.15) is 0 Å². The molecular weight excluding hydrogens is 178 g/mol. The third-order valence-corrected chi connectivity index (χ3v) is 1.49. The highest BCUT2D eigenvalue weighted by Gasteiger charge is 2.19. The molecule has 0 saturated carbocycles. The molecule has 0 fully saturated rings. The van der Waals surface area contributed by atoms with E-state index in [1.807, 2.05) is 0 Å². The van der Waals surface area contributed by atoms with Crippen molar-refractivity contribution < 1.29 is 10.1 Å². The Morgan fingerprint density at radius 1 is 1.92 bits per heavy atom. The van der Waals surface area contributed by atoms with Crippen molar-refractivity contribution in [3.63, 3.8) is 0 Å². The van der Waals surface area contributed by atoms with Gasteiger partial charge in [-0.1, -0.05) is 5.16 Å². The van der Waals surface area contributed by atoms with Gasteiger partial charge in [0.2, 0.25) is 5.84 Å². The predicted octanol–water partition coefficient (Wildman–Crippen LogP) is -0.577. The van der Waals surface area contributed by atoms with Crippen LogP contribution in [0.15, 0.2) is 11.4 Å². The van der Waals surface area contributed by atoms with Gasteiger partial charge in [0.1, 0.15) is 6.20 Å². The molecule has 70 valence electrons. The lowest BCUT2D eigenvalue weighted by atomic mass is 10.5. The van der Waals surface area contributed by atoms with E-state index >= 15 is 0 Å². The SMILES string of the molecule is Cn1c([N+](=O)[O-])cnc1/C(N)=N/O. The predicted molar refractivity (Wildman–Crippen MR) is 42.4 cm³/mol. The van der Waals surface area contributed by atoms with Gasteiger partial charge in [0.15, 0.2) is 0 Å². The molecule has 1 aromatic heterocycles. The van der Waals surface area contributed by atoms with E-state index in [1.165, 1.54) is 7.05 Å². The molecule has 0 saturated heterocycles. The summed E-state index contributed by atoms with van der Waals surface area (Å²) in [6.45, 7) is 0. The molecule has 13 heavy (non-hydrogen) atoms. The highest BCUT2D eigenvalue weighted by Crippen LogP contribution is 2.10. The van der Waals surface area contributed by atoms with Crippen molar-refractivity contribution in [1.82, 2.24) is 9.55 Å². The largest absolute Gasteiger partial charge is 0.409 e. The fourth-order valence-corrected chi connectivity index (χ4v) is 0.853. The van der Waals surface area contributed by atoms with Crippen molar-refractivity contribution >= 4 is 11.7 Å². The summed E-state index contributed by atoms with van der Waals surface area (Å²) in [6, 6.07) is 0. The topological polar surface area (TPSA) is 120 Å². The smallest absolute Gasteiger partial charge is 0.343 e. The Kier molecular flexibility index (Phi) is 2.13. The van der Waals surface area contributed by atoms with E-state index in [1.54, 1.807) is 0 Å². The van der Waals surface area contributed by atoms with Crippen LogP contribution in [0.2, 0.25) is 0 Å². The number of hydrogen-bond acceptors (Lipinski definition) is 5. The number of oxime groups is 1. The van der Waals surface area contributed by atoms with Crippen molar-refractivity contribution in [3.05, 3.63) is 22.1 Å². The molecule has 0 bridgehead atoms. The monoisotopic (exact) mass is 185 g/mol. The summed E-state index contributed by atoms with van der Waals surface area (Å²) in [6.07, 6.45) is 1.04. The number of aromatic nitrogens is 2. The molecule has 0 aliphatic carbocycles. The molecule has 1 heterocycles. The van der Waals surface area contributed by atoms with E-state index in [0.29, 0.717) is 0 Å². The summed E-state index contributed by atoms with van der Waals surface area (Å²) in [5, 5.41) is 21.3. The third-order valence-electron chi connectivity index (χ3n) is 1.49. The van der Waals surface area contributed by atoms with Crippen LogP contribution in [0.3, 0.4) is 0 Å². The number of nitrogens with zero attached hydrogens (tertiary/aromatic N) is 4. The van der Waals surface area contributed by atoms with Crippen LogP contribution >= 0.6 is 0 Å². The number of hydrogen-bond donors (Lipinski definition) is 2. The highest BCUT2D eigenvalue weighted by molar-refractivity contribution is 5.94. The first-order valence-electron chi connectivity index (χ1n) is 3.22. The Balaban J connectivity index is 3.21. The van der Waals surface area contributed by atoms with Gasteiger partial charge in [0, 0.05) is 0 Å². The molecule has 0 unspecified atom stereocenters. The lowest BCUT2D eigenvalue weighted by molar-refractivity contribution is -0.391. The second-order valence-corrected chi connectivity index (χ2v) is 2.24. The summed E-state index contributed by atoms with van der Waals surface area (Å²) >= 11 is 0. The van der Waals surface area contributed by atoms with Gasteiger partial charge in [-0.3, -0.25) is 0 Å². The van der Waals surface area contributed by atoms with Crippen molar-refractivity contribution in [1.29, 1.82) is 0 Å². The van der Waals surface area contributed by atoms with Gasteiger partial charge in [-0.25, -0.2) is 9.55 Å². The highest BCUT2D eigenvalue weighted by atomic mass is 16.6. The van der Waals surface area contributed by atoms with Crippen molar-refractivity contribution in [3.8, 4) is 0 Å². The van der Waals surface area contributed by atoms with Gasteiger partial charge in [0.25, 0.3) is 5.82 Å². The van der Waals surface area contributed by atoms with Gasteiger partial charge >= 0.3 is 5.82 Å². The van der Waals surface area contributed by atoms with E-state index in [-0.39, 0.29) is 17.5 Å². The molecule has 0 amide bonds. The first-order valence-corrected chi connectivity index (χ1v) is 3.22. The number of nitro groups is 1. The maximum atomic E-state index is 10.3. The van der Waals surface area contributed by atoms with Crippen LogP contribution in [0.4, 0.5) is 5.82 Å². The summed E-state index contributed by atoms with van der Waals surface area (Å²) < 4.78 is 1.12. The van der Waals surface area contributed by atoms with Crippen LogP contribution in [0.25, 0.3) is 0 Å². The summed E-state index contributed by atoms with van der Waals surface area (Å²) in [7, 11) is 1.40. The maximum Gasteiger partial charge on any atom is 0.343 e. The van der Waals surface area contributed by atoms with Crippen molar-refractivity contribution in [2.75, 3.05) is 0 Å². The maximum absolute atomic E-state index is 10.3. The first kappa shape index (κ1) is 8.97. The van der Waals surface area contributed by atoms with Gasteiger partial charge < -0.3 is 21.1 Å². The molecule has 0 aromatic carbocycles. The lowest BCUT2D eigenvalue weighted by Gasteiger charge is -1.95. The van der Waals surface area contributed by atoms with E-state index < -0.39 is 4.92 Å². The molecule has 0 spiro atoms. The van der Waals surface area contributed by atoms with E-state index in [4.69, 9.17) is 10.9 Å². The Bertz CT molecular complexity index is 368. The summed E-state index contributed by atoms with van der Waals surface area (Å²) in [4.78, 5) is 13.4. The second-order valence-electron chi connectivity index (χ2n) is 2.24. The second kappa shape index (κ2) is 3.09. The van der Waals surface area contributed by atoms with Crippen molar-refractivity contribution in [2.24, 2.45) is 17.9 Å². The Morgan fingerprint density at radius 2 is 2.54 bits per heavy atom. The Hall–Kier alpha value is -2.12. The number of nitrogens with two attached hydrogens (primary N) is 1. The minimum absolute atomic E-state index is 0.0502. The molecule has 8 nitrogen and oxygen atoms in total. The van der Waals surface area contributed by atoms with Crippen LogP contribution < -0.4 is 5.73 Å².